The first-order chi connectivity index (χ1) is 9.52. The molecule has 4 nitrogen and oxygen atoms in total. The summed E-state index contributed by atoms with van der Waals surface area (Å²) in [7, 11) is 0. The molecule has 0 aromatic heterocycles. The summed E-state index contributed by atoms with van der Waals surface area (Å²) in [6.07, 6.45) is 2.14. The number of carbonyl (C=O) groups is 1. The number of rotatable bonds is 5. The number of para-hydroxylation sites is 2. The van der Waals surface area contributed by atoms with Crippen LogP contribution in [0.25, 0.3) is 0 Å². The predicted molar refractivity (Wildman–Crippen MR) is 84.3 cm³/mol. The van der Waals surface area contributed by atoms with Gasteiger partial charge in [-0.15, -0.1) is 0 Å². The summed E-state index contributed by atoms with van der Waals surface area (Å²) >= 11 is 0. The largest absolute Gasteiger partial charge is 0.377 e. The highest BCUT2D eigenvalue weighted by molar-refractivity contribution is 5.84. The quantitative estimate of drug-likeness (QED) is 0.812. The number of hydrogen-bond donors (Lipinski definition) is 2. The van der Waals surface area contributed by atoms with Gasteiger partial charge < -0.3 is 15.5 Å². The van der Waals surface area contributed by atoms with E-state index in [1.807, 2.05) is 12.1 Å². The van der Waals surface area contributed by atoms with Gasteiger partial charge in [0.15, 0.2) is 0 Å². The Hall–Kier alpha value is -1.71. The van der Waals surface area contributed by atoms with Crippen molar-refractivity contribution in [3.05, 3.63) is 24.3 Å². The van der Waals surface area contributed by atoms with Gasteiger partial charge in [-0.25, -0.2) is 0 Å². The standard InChI is InChI=1S/C16H25N3O/c1-4-5-10-17-15(20)11-19-12-16(2,3)18-13-8-6-7-9-14(13)19/h6-9,18H,4-5,10-12H2,1-3H3,(H,17,20). The minimum atomic E-state index is -0.0297. The molecule has 20 heavy (non-hydrogen) atoms. The second kappa shape index (κ2) is 6.16. The van der Waals surface area contributed by atoms with Crippen molar-refractivity contribution in [2.45, 2.75) is 39.2 Å². The molecule has 1 aliphatic rings. The maximum atomic E-state index is 12.0. The first kappa shape index (κ1) is 14.7. The highest BCUT2D eigenvalue weighted by atomic mass is 16.2. The summed E-state index contributed by atoms with van der Waals surface area (Å²) < 4.78 is 0. The number of benzene rings is 1. The van der Waals surface area contributed by atoms with Gasteiger partial charge in [0, 0.05) is 18.6 Å². The zero-order chi connectivity index (χ0) is 14.6. The van der Waals surface area contributed by atoms with Crippen LogP contribution in [0.2, 0.25) is 0 Å². The van der Waals surface area contributed by atoms with Crippen LogP contribution in [0.3, 0.4) is 0 Å². The zero-order valence-corrected chi connectivity index (χ0v) is 12.7. The van der Waals surface area contributed by atoms with E-state index >= 15 is 0 Å². The number of hydrogen-bond acceptors (Lipinski definition) is 3. The van der Waals surface area contributed by atoms with E-state index in [-0.39, 0.29) is 11.4 Å². The number of unbranched alkanes of at least 4 members (excludes halogenated alkanes) is 1. The molecule has 0 saturated heterocycles. The van der Waals surface area contributed by atoms with E-state index in [0.717, 1.165) is 37.3 Å². The number of carbonyl (C=O) groups excluding carboxylic acids is 1. The van der Waals surface area contributed by atoms with Gasteiger partial charge in [-0.3, -0.25) is 4.79 Å². The molecule has 0 radical (unpaired) electrons. The molecule has 0 fully saturated rings. The van der Waals surface area contributed by atoms with Crippen LogP contribution >= 0.6 is 0 Å². The van der Waals surface area contributed by atoms with E-state index in [9.17, 15) is 4.79 Å². The third-order valence-corrected chi connectivity index (χ3v) is 3.49. The Kier molecular flexibility index (Phi) is 4.53. The molecule has 1 aromatic rings. The average molecular weight is 275 g/mol. The number of anilines is 2. The van der Waals surface area contributed by atoms with Crippen LogP contribution in [0.4, 0.5) is 11.4 Å². The Morgan fingerprint density at radius 2 is 2.15 bits per heavy atom. The van der Waals surface area contributed by atoms with Crippen molar-refractivity contribution in [1.82, 2.24) is 5.32 Å². The van der Waals surface area contributed by atoms with Crippen LogP contribution < -0.4 is 15.5 Å². The summed E-state index contributed by atoms with van der Waals surface area (Å²) in [4.78, 5) is 14.2. The molecule has 1 aliphatic heterocycles. The fourth-order valence-corrected chi connectivity index (χ4v) is 2.60. The van der Waals surface area contributed by atoms with Crippen LogP contribution in [-0.2, 0) is 4.79 Å². The number of nitrogens with zero attached hydrogens (tertiary/aromatic N) is 1. The van der Waals surface area contributed by atoms with Crippen LogP contribution in [0, 0.1) is 0 Å². The number of fused-ring (bicyclic) bond motifs is 1. The van der Waals surface area contributed by atoms with Crippen molar-refractivity contribution >= 4 is 17.3 Å². The Bertz CT molecular complexity index is 471. The minimum absolute atomic E-state index is 0.0297. The summed E-state index contributed by atoms with van der Waals surface area (Å²) in [6, 6.07) is 8.17. The maximum Gasteiger partial charge on any atom is 0.239 e. The molecular formula is C16H25N3O. The van der Waals surface area contributed by atoms with Gasteiger partial charge in [0.2, 0.25) is 5.91 Å². The Balaban J connectivity index is 2.05. The molecule has 0 spiro atoms. The fourth-order valence-electron chi connectivity index (χ4n) is 2.60. The molecular weight excluding hydrogens is 250 g/mol. The first-order valence-corrected chi connectivity index (χ1v) is 7.41. The number of nitrogens with one attached hydrogen (secondary N) is 2. The van der Waals surface area contributed by atoms with E-state index in [4.69, 9.17) is 0 Å². The topological polar surface area (TPSA) is 44.4 Å². The lowest BCUT2D eigenvalue weighted by Crippen LogP contribution is -2.51. The third-order valence-electron chi connectivity index (χ3n) is 3.49. The van der Waals surface area contributed by atoms with Gasteiger partial charge in [-0.1, -0.05) is 25.5 Å². The Morgan fingerprint density at radius 3 is 2.90 bits per heavy atom. The van der Waals surface area contributed by atoms with E-state index < -0.39 is 0 Å². The van der Waals surface area contributed by atoms with Crippen molar-refractivity contribution in [2.24, 2.45) is 0 Å². The van der Waals surface area contributed by atoms with E-state index in [1.54, 1.807) is 0 Å². The molecule has 2 N–H and O–H groups in total. The van der Waals surface area contributed by atoms with Gasteiger partial charge in [-0.05, 0) is 32.4 Å². The molecule has 110 valence electrons. The van der Waals surface area contributed by atoms with Crippen LogP contribution in [0.15, 0.2) is 24.3 Å². The fraction of sp³-hybridized carbons (Fsp3) is 0.562. The second-order valence-corrected chi connectivity index (χ2v) is 6.09. The molecule has 0 aliphatic carbocycles. The van der Waals surface area contributed by atoms with Crippen LogP contribution in [0.5, 0.6) is 0 Å². The lowest BCUT2D eigenvalue weighted by molar-refractivity contribution is -0.119. The molecule has 0 atom stereocenters. The van der Waals surface area contributed by atoms with Crippen molar-refractivity contribution in [1.29, 1.82) is 0 Å². The monoisotopic (exact) mass is 275 g/mol. The molecule has 4 heteroatoms. The van der Waals surface area contributed by atoms with Gasteiger partial charge in [0.1, 0.15) is 0 Å². The second-order valence-electron chi connectivity index (χ2n) is 6.09. The molecule has 1 amide bonds. The van der Waals surface area contributed by atoms with Crippen LogP contribution in [-0.4, -0.2) is 31.1 Å². The van der Waals surface area contributed by atoms with E-state index in [1.165, 1.54) is 0 Å². The first-order valence-electron chi connectivity index (χ1n) is 7.41. The lowest BCUT2D eigenvalue weighted by atomic mass is 9.99. The van der Waals surface area contributed by atoms with Gasteiger partial charge in [0.05, 0.1) is 17.9 Å². The molecule has 1 heterocycles. The Morgan fingerprint density at radius 1 is 1.40 bits per heavy atom. The van der Waals surface area contributed by atoms with Crippen molar-refractivity contribution in [2.75, 3.05) is 29.9 Å². The highest BCUT2D eigenvalue weighted by Crippen LogP contribution is 2.33. The minimum Gasteiger partial charge on any atom is -0.377 e. The summed E-state index contributed by atoms with van der Waals surface area (Å²) in [5.41, 5.74) is 2.18. The van der Waals surface area contributed by atoms with Crippen molar-refractivity contribution in [3.63, 3.8) is 0 Å². The van der Waals surface area contributed by atoms with E-state index in [2.05, 4.69) is 48.4 Å². The van der Waals surface area contributed by atoms with Gasteiger partial charge >= 0.3 is 0 Å². The Labute approximate surface area is 121 Å². The summed E-state index contributed by atoms with van der Waals surface area (Å²) in [5.74, 6) is 0.103. The van der Waals surface area contributed by atoms with Crippen LogP contribution in [0.1, 0.15) is 33.6 Å². The molecule has 0 bridgehead atoms. The van der Waals surface area contributed by atoms with Crippen molar-refractivity contribution in [3.8, 4) is 0 Å². The van der Waals surface area contributed by atoms with Crippen molar-refractivity contribution < 1.29 is 4.79 Å². The SMILES string of the molecule is CCCCNC(=O)CN1CC(C)(C)Nc2ccccc21. The van der Waals surface area contributed by atoms with E-state index in [0.29, 0.717) is 6.54 Å². The highest BCUT2D eigenvalue weighted by Gasteiger charge is 2.29. The average Bonchev–Trinajstić information content (AvgIpc) is 2.37. The summed E-state index contributed by atoms with van der Waals surface area (Å²) in [6.45, 7) is 8.46. The molecule has 2 rings (SSSR count). The molecule has 0 unspecified atom stereocenters. The number of amides is 1. The molecule has 0 saturated carbocycles. The zero-order valence-electron chi connectivity index (χ0n) is 12.7. The predicted octanol–water partition coefficient (Wildman–Crippen LogP) is 2.61. The van der Waals surface area contributed by atoms with Gasteiger partial charge in [0.25, 0.3) is 0 Å². The van der Waals surface area contributed by atoms with Gasteiger partial charge in [-0.2, -0.15) is 0 Å². The smallest absolute Gasteiger partial charge is 0.239 e. The lowest BCUT2D eigenvalue weighted by Gasteiger charge is -2.41. The maximum absolute atomic E-state index is 12.0. The normalized spacial score (nSPS) is 16.2. The molecule has 1 aromatic carbocycles. The summed E-state index contributed by atoms with van der Waals surface area (Å²) in [5, 5.41) is 6.51. The third kappa shape index (κ3) is 3.65.